The molecule has 2 saturated heterocycles. The Kier molecular flexibility index (Phi) is 6.48. The first-order valence-corrected chi connectivity index (χ1v) is 11.2. The summed E-state index contributed by atoms with van der Waals surface area (Å²) in [6.45, 7) is 7.78. The quantitative estimate of drug-likeness (QED) is 0.819. The smallest absolute Gasteiger partial charge is 0.224 e. The van der Waals surface area contributed by atoms with Gasteiger partial charge in [-0.1, -0.05) is 42.0 Å². The van der Waals surface area contributed by atoms with Crippen LogP contribution in [0.15, 0.2) is 35.9 Å². The molecule has 1 N–H and O–H groups in total. The first kappa shape index (κ1) is 19.7. The van der Waals surface area contributed by atoms with Gasteiger partial charge >= 0.3 is 0 Å². The molecule has 3 fully saturated rings. The van der Waals surface area contributed by atoms with E-state index in [0.29, 0.717) is 18.0 Å². The molecular weight excluding hydrogens is 346 g/mol. The van der Waals surface area contributed by atoms with Crippen LogP contribution in [0.25, 0.3) is 6.08 Å². The van der Waals surface area contributed by atoms with Crippen molar-refractivity contribution in [3.8, 4) is 0 Å². The topological polar surface area (TPSA) is 35.6 Å². The Morgan fingerprint density at radius 3 is 2.54 bits per heavy atom. The molecule has 1 unspecified atom stereocenters. The highest BCUT2D eigenvalue weighted by Gasteiger charge is 2.33. The van der Waals surface area contributed by atoms with Gasteiger partial charge in [0.05, 0.1) is 5.92 Å². The Balaban J connectivity index is 1.23. The number of nitrogens with one attached hydrogen (secondary N) is 1. The number of amides is 1. The van der Waals surface area contributed by atoms with E-state index in [1.807, 2.05) is 0 Å². The summed E-state index contributed by atoms with van der Waals surface area (Å²) in [4.78, 5) is 17.7. The lowest BCUT2D eigenvalue weighted by Crippen LogP contribution is -2.51. The molecule has 1 aromatic rings. The Morgan fingerprint density at radius 2 is 1.82 bits per heavy atom. The Labute approximate surface area is 170 Å². The zero-order valence-electron chi connectivity index (χ0n) is 17.3. The number of nitrogens with zero attached hydrogens (tertiary/aromatic N) is 2. The van der Waals surface area contributed by atoms with E-state index in [9.17, 15) is 4.79 Å². The van der Waals surface area contributed by atoms with Crippen LogP contribution >= 0.6 is 0 Å². The first-order valence-electron chi connectivity index (χ1n) is 11.2. The van der Waals surface area contributed by atoms with Gasteiger partial charge in [-0.2, -0.15) is 0 Å². The summed E-state index contributed by atoms with van der Waals surface area (Å²) >= 11 is 0. The van der Waals surface area contributed by atoms with Crippen molar-refractivity contribution in [2.24, 2.45) is 5.92 Å². The van der Waals surface area contributed by atoms with Gasteiger partial charge < -0.3 is 5.32 Å². The molecule has 0 spiro atoms. The number of hydrogen-bond donors (Lipinski definition) is 1. The maximum atomic E-state index is 12.4. The summed E-state index contributed by atoms with van der Waals surface area (Å²) in [5.41, 5.74) is 2.72. The molecule has 3 aliphatic rings. The van der Waals surface area contributed by atoms with Gasteiger partial charge in [0.25, 0.3) is 0 Å². The van der Waals surface area contributed by atoms with Gasteiger partial charge in [0.1, 0.15) is 0 Å². The third-order valence-electron chi connectivity index (χ3n) is 6.51. The molecule has 4 rings (SSSR count). The van der Waals surface area contributed by atoms with Crippen LogP contribution in [-0.4, -0.2) is 60.5 Å². The number of hydrogen-bond acceptors (Lipinski definition) is 3. The van der Waals surface area contributed by atoms with Crippen LogP contribution in [0.5, 0.6) is 0 Å². The van der Waals surface area contributed by atoms with Crippen molar-refractivity contribution in [1.29, 1.82) is 0 Å². The van der Waals surface area contributed by atoms with Crippen LogP contribution in [-0.2, 0) is 4.79 Å². The van der Waals surface area contributed by atoms with Gasteiger partial charge in [-0.05, 0) is 70.6 Å². The van der Waals surface area contributed by atoms with Crippen molar-refractivity contribution in [1.82, 2.24) is 15.1 Å². The second kappa shape index (κ2) is 9.23. The molecule has 1 aromatic carbocycles. The third kappa shape index (κ3) is 5.45. The summed E-state index contributed by atoms with van der Waals surface area (Å²) in [5, 5.41) is 3.22. The number of carbonyl (C=O) groups is 1. The van der Waals surface area contributed by atoms with E-state index in [0.717, 1.165) is 19.5 Å². The van der Waals surface area contributed by atoms with Crippen LogP contribution in [0.2, 0.25) is 0 Å². The molecule has 2 heterocycles. The lowest BCUT2D eigenvalue weighted by atomic mass is 9.93. The molecule has 28 heavy (non-hydrogen) atoms. The van der Waals surface area contributed by atoms with Crippen molar-refractivity contribution >= 4 is 12.0 Å². The molecule has 0 bridgehead atoms. The van der Waals surface area contributed by atoms with E-state index in [1.54, 1.807) is 0 Å². The molecule has 4 heteroatoms. The van der Waals surface area contributed by atoms with Crippen LogP contribution in [0.3, 0.4) is 0 Å². The molecule has 1 atom stereocenters. The molecule has 0 radical (unpaired) electrons. The van der Waals surface area contributed by atoms with E-state index < -0.39 is 0 Å². The minimum Gasteiger partial charge on any atom is -0.353 e. The molecule has 152 valence electrons. The summed E-state index contributed by atoms with van der Waals surface area (Å²) < 4.78 is 0. The van der Waals surface area contributed by atoms with Crippen molar-refractivity contribution in [3.63, 3.8) is 0 Å². The SMILES string of the molecule is C/C(=C\c1ccccc1)CN1CCC(N2CCCC(C(=O)NC3CC3)C2)CC1. The third-order valence-corrected chi connectivity index (χ3v) is 6.51. The minimum atomic E-state index is 0.212. The van der Waals surface area contributed by atoms with E-state index in [4.69, 9.17) is 0 Å². The van der Waals surface area contributed by atoms with E-state index in [1.165, 1.54) is 62.9 Å². The second-order valence-corrected chi connectivity index (χ2v) is 9.03. The molecule has 4 nitrogen and oxygen atoms in total. The van der Waals surface area contributed by atoms with E-state index >= 15 is 0 Å². The van der Waals surface area contributed by atoms with Crippen LogP contribution in [0.1, 0.15) is 51.0 Å². The molecule has 2 aliphatic heterocycles. The average Bonchev–Trinajstić information content (AvgIpc) is 3.53. The molecule has 0 aromatic heterocycles. The Hall–Kier alpha value is -1.65. The highest BCUT2D eigenvalue weighted by molar-refractivity contribution is 5.79. The number of likely N-dealkylation sites (tertiary alicyclic amines) is 2. The normalized spacial score (nSPS) is 25.6. The first-order chi connectivity index (χ1) is 13.7. The number of benzene rings is 1. The predicted octanol–water partition coefficient (Wildman–Crippen LogP) is 3.54. The lowest BCUT2D eigenvalue weighted by Gasteiger charge is -2.42. The predicted molar refractivity (Wildman–Crippen MR) is 115 cm³/mol. The van der Waals surface area contributed by atoms with Crippen molar-refractivity contribution in [2.45, 2.75) is 57.5 Å². The van der Waals surface area contributed by atoms with Gasteiger partial charge in [-0.3, -0.25) is 14.6 Å². The van der Waals surface area contributed by atoms with Gasteiger partial charge in [0.15, 0.2) is 0 Å². The van der Waals surface area contributed by atoms with Crippen LogP contribution in [0, 0.1) is 5.92 Å². The summed E-state index contributed by atoms with van der Waals surface area (Å²) in [7, 11) is 0. The van der Waals surface area contributed by atoms with Gasteiger partial charge in [-0.15, -0.1) is 0 Å². The highest BCUT2D eigenvalue weighted by atomic mass is 16.2. The largest absolute Gasteiger partial charge is 0.353 e. The van der Waals surface area contributed by atoms with Gasteiger partial charge in [-0.25, -0.2) is 0 Å². The number of piperidine rings is 2. The van der Waals surface area contributed by atoms with Gasteiger partial charge in [0.2, 0.25) is 5.91 Å². The zero-order valence-corrected chi connectivity index (χ0v) is 17.3. The highest BCUT2D eigenvalue weighted by Crippen LogP contribution is 2.26. The van der Waals surface area contributed by atoms with Crippen molar-refractivity contribution in [2.75, 3.05) is 32.7 Å². The van der Waals surface area contributed by atoms with Gasteiger partial charge in [0, 0.05) is 25.2 Å². The minimum absolute atomic E-state index is 0.212. The lowest BCUT2D eigenvalue weighted by molar-refractivity contribution is -0.127. The fraction of sp³-hybridized carbons (Fsp3) is 0.625. The summed E-state index contributed by atoms with van der Waals surface area (Å²) in [6, 6.07) is 11.7. The monoisotopic (exact) mass is 381 g/mol. The maximum absolute atomic E-state index is 12.4. The van der Waals surface area contributed by atoms with Crippen molar-refractivity contribution in [3.05, 3.63) is 41.5 Å². The molecule has 1 amide bonds. The second-order valence-electron chi connectivity index (χ2n) is 9.03. The molecular formula is C24H35N3O. The summed E-state index contributed by atoms with van der Waals surface area (Å²) in [5.74, 6) is 0.523. The average molecular weight is 382 g/mol. The fourth-order valence-electron chi connectivity index (χ4n) is 4.77. The number of rotatable bonds is 6. The zero-order chi connectivity index (χ0) is 19.3. The van der Waals surface area contributed by atoms with Crippen LogP contribution in [0.4, 0.5) is 0 Å². The van der Waals surface area contributed by atoms with Crippen molar-refractivity contribution < 1.29 is 4.79 Å². The van der Waals surface area contributed by atoms with E-state index in [2.05, 4.69) is 58.4 Å². The Morgan fingerprint density at radius 1 is 1.07 bits per heavy atom. The van der Waals surface area contributed by atoms with E-state index in [-0.39, 0.29) is 5.92 Å². The Bertz CT molecular complexity index is 674. The number of carbonyl (C=O) groups excluding carboxylic acids is 1. The maximum Gasteiger partial charge on any atom is 0.224 e. The summed E-state index contributed by atoms with van der Waals surface area (Å²) in [6.07, 6.45) is 9.36. The van der Waals surface area contributed by atoms with Crippen LogP contribution < -0.4 is 5.32 Å². The standard InChI is InChI=1S/C24H35N3O/c1-19(16-20-6-3-2-4-7-20)17-26-14-11-23(12-15-26)27-13-5-8-21(18-27)24(28)25-22-9-10-22/h2-4,6-7,16,21-23H,5,8-15,17-18H2,1H3,(H,25,28)/b19-16+. The molecule has 1 saturated carbocycles. The molecule has 1 aliphatic carbocycles. The fourth-order valence-corrected chi connectivity index (χ4v) is 4.77.